The largest absolute Gasteiger partial charge is 0.493 e. The Morgan fingerprint density at radius 2 is 2.06 bits per heavy atom. The zero-order chi connectivity index (χ0) is 23.4. The molecule has 4 N–H and O–H groups in total. The van der Waals surface area contributed by atoms with Crippen LogP contribution in [0.5, 0.6) is 5.75 Å². The Morgan fingerprint density at radius 1 is 1.21 bits per heavy atom. The minimum Gasteiger partial charge on any atom is -0.493 e. The van der Waals surface area contributed by atoms with Crippen LogP contribution < -0.4 is 15.8 Å². The van der Waals surface area contributed by atoms with E-state index in [0.717, 1.165) is 12.0 Å². The maximum Gasteiger partial charge on any atom is 0.260 e. The average molecular weight is 447 g/mol. The van der Waals surface area contributed by atoms with Crippen LogP contribution in [0.1, 0.15) is 34.6 Å². The zero-order valence-electron chi connectivity index (χ0n) is 18.1. The van der Waals surface area contributed by atoms with Gasteiger partial charge in [-0.1, -0.05) is 12.1 Å². The van der Waals surface area contributed by atoms with Crippen LogP contribution >= 0.6 is 0 Å². The first-order valence-electron chi connectivity index (χ1n) is 10.5. The SMILES string of the molecule is Cc1ccc(-c2cc3c(cc2F)OCCCC[N+](C=N)=C(N)c2cccc(n2)NC3=O)cn1. The van der Waals surface area contributed by atoms with E-state index in [2.05, 4.69) is 15.3 Å². The number of halogens is 1. The minimum absolute atomic E-state index is 0.150. The van der Waals surface area contributed by atoms with E-state index in [1.54, 1.807) is 41.1 Å². The minimum atomic E-state index is -0.509. The summed E-state index contributed by atoms with van der Waals surface area (Å²) in [5.41, 5.74) is 8.45. The van der Waals surface area contributed by atoms with E-state index in [-0.39, 0.29) is 29.3 Å². The Bertz CT molecular complexity index is 1240. The van der Waals surface area contributed by atoms with Crippen LogP contribution in [0.4, 0.5) is 10.2 Å². The van der Waals surface area contributed by atoms with Crippen LogP contribution in [0, 0.1) is 18.2 Å². The number of pyridine rings is 2. The lowest BCUT2D eigenvalue weighted by molar-refractivity contribution is -0.401. The standard InChI is InChI=1S/C24H23FN6O2/c1-15-7-8-16(13-28-15)17-11-18-21(12-19(17)25)33-10-3-2-9-31(14-26)23(27)20-5-4-6-22(29-20)30-24(18)32/h4-8,11-14,26-27H,2-3,9-10H2,1H3,(H,29,30,32)/p+1. The van der Waals surface area contributed by atoms with E-state index in [9.17, 15) is 9.18 Å². The van der Waals surface area contributed by atoms with Gasteiger partial charge in [0.25, 0.3) is 5.91 Å². The van der Waals surface area contributed by atoms with Crippen molar-refractivity contribution in [3.8, 4) is 16.9 Å². The van der Waals surface area contributed by atoms with Crippen molar-refractivity contribution in [1.82, 2.24) is 9.97 Å². The Hall–Kier alpha value is -4.14. The van der Waals surface area contributed by atoms with Gasteiger partial charge in [0.2, 0.25) is 12.2 Å². The highest BCUT2D eigenvalue weighted by atomic mass is 19.1. The summed E-state index contributed by atoms with van der Waals surface area (Å²) in [4.78, 5) is 21.8. The van der Waals surface area contributed by atoms with E-state index in [1.807, 2.05) is 6.92 Å². The smallest absolute Gasteiger partial charge is 0.260 e. The van der Waals surface area contributed by atoms with E-state index >= 15 is 0 Å². The highest BCUT2D eigenvalue weighted by Crippen LogP contribution is 2.31. The number of nitrogens with two attached hydrogens (primary N) is 1. The molecule has 0 radical (unpaired) electrons. The first-order valence-corrected chi connectivity index (χ1v) is 10.5. The molecule has 1 amide bonds. The summed E-state index contributed by atoms with van der Waals surface area (Å²) in [6, 6.07) is 11.3. The monoisotopic (exact) mass is 447 g/mol. The molecule has 33 heavy (non-hydrogen) atoms. The summed E-state index contributed by atoms with van der Waals surface area (Å²) in [5, 5.41) is 10.4. The number of hydrogen-bond donors (Lipinski definition) is 3. The molecule has 2 bridgehead atoms. The predicted molar refractivity (Wildman–Crippen MR) is 123 cm³/mol. The number of carbonyl (C=O) groups is 1. The van der Waals surface area contributed by atoms with Crippen LogP contribution in [0.3, 0.4) is 0 Å². The first-order chi connectivity index (χ1) is 16.0. The summed E-state index contributed by atoms with van der Waals surface area (Å²) in [6.45, 7) is 2.62. The number of ether oxygens (including phenoxy) is 1. The maximum absolute atomic E-state index is 15.0. The van der Waals surface area contributed by atoms with Crippen LogP contribution in [0.2, 0.25) is 0 Å². The summed E-state index contributed by atoms with van der Waals surface area (Å²) in [7, 11) is 0. The molecule has 1 aromatic carbocycles. The molecule has 0 fully saturated rings. The van der Waals surface area contributed by atoms with Gasteiger partial charge in [0.1, 0.15) is 23.1 Å². The molecule has 3 heterocycles. The van der Waals surface area contributed by atoms with Gasteiger partial charge in [0.05, 0.1) is 18.7 Å². The molecule has 0 spiro atoms. The topological polar surface area (TPSA) is 117 Å². The van der Waals surface area contributed by atoms with Gasteiger partial charge >= 0.3 is 0 Å². The fraction of sp³-hybridized carbons (Fsp3) is 0.208. The number of nitrogens with one attached hydrogen (secondary N) is 2. The molecule has 168 valence electrons. The van der Waals surface area contributed by atoms with E-state index < -0.39 is 11.7 Å². The molecule has 4 rings (SSSR count). The molecule has 0 atom stereocenters. The Labute approximate surface area is 190 Å². The third-order valence-corrected chi connectivity index (χ3v) is 5.31. The Balaban J connectivity index is 1.77. The van der Waals surface area contributed by atoms with Crippen molar-refractivity contribution < 1.29 is 18.5 Å². The molecule has 0 aliphatic carbocycles. The van der Waals surface area contributed by atoms with Crippen LogP contribution in [-0.2, 0) is 0 Å². The lowest BCUT2D eigenvalue weighted by atomic mass is 10.0. The second-order valence-corrected chi connectivity index (χ2v) is 7.64. The van der Waals surface area contributed by atoms with Gasteiger partial charge in [-0.3, -0.25) is 9.78 Å². The van der Waals surface area contributed by atoms with Crippen molar-refractivity contribution >= 4 is 23.9 Å². The molecule has 0 saturated heterocycles. The fourth-order valence-electron chi connectivity index (χ4n) is 3.50. The number of hydrogen-bond acceptors (Lipinski definition) is 6. The number of benzene rings is 1. The number of anilines is 1. The maximum atomic E-state index is 15.0. The third-order valence-electron chi connectivity index (χ3n) is 5.31. The van der Waals surface area contributed by atoms with E-state index in [1.165, 1.54) is 12.1 Å². The van der Waals surface area contributed by atoms with E-state index in [4.69, 9.17) is 15.9 Å². The second kappa shape index (κ2) is 9.56. The number of nitrogens with zero attached hydrogens (tertiary/aromatic N) is 3. The number of rotatable bonds is 2. The molecule has 1 aliphatic heterocycles. The quantitative estimate of drug-likeness (QED) is 0.316. The molecule has 2 aromatic heterocycles. The molecule has 0 unspecified atom stereocenters. The van der Waals surface area contributed by atoms with Gasteiger partial charge in [-0.25, -0.2) is 13.9 Å². The van der Waals surface area contributed by atoms with Crippen molar-refractivity contribution in [3.63, 3.8) is 0 Å². The Kier molecular flexibility index (Phi) is 6.39. The molecule has 1 aliphatic rings. The third kappa shape index (κ3) is 4.87. The Morgan fingerprint density at radius 3 is 2.82 bits per heavy atom. The molecule has 3 aromatic rings. The highest BCUT2D eigenvalue weighted by molar-refractivity contribution is 6.07. The van der Waals surface area contributed by atoms with Gasteiger partial charge in [-0.15, -0.1) is 0 Å². The predicted octanol–water partition coefficient (Wildman–Crippen LogP) is 3.34. The van der Waals surface area contributed by atoms with Gasteiger partial charge in [-0.05, 0) is 44.0 Å². The van der Waals surface area contributed by atoms with Crippen LogP contribution in [0.25, 0.3) is 11.1 Å². The molecule has 8 nitrogen and oxygen atoms in total. The lowest BCUT2D eigenvalue weighted by Crippen LogP contribution is -2.30. The number of amides is 1. The summed E-state index contributed by atoms with van der Waals surface area (Å²) >= 11 is 0. The molecule has 9 heteroatoms. The van der Waals surface area contributed by atoms with Crippen molar-refractivity contribution in [2.75, 3.05) is 18.5 Å². The van der Waals surface area contributed by atoms with Gasteiger partial charge in [0.15, 0.2) is 0 Å². The molecular formula is C24H24FN6O2+. The van der Waals surface area contributed by atoms with Gasteiger partial charge in [0, 0.05) is 29.1 Å². The normalized spacial score (nSPS) is 14.5. The number of amidine groups is 1. The van der Waals surface area contributed by atoms with Crippen molar-refractivity contribution in [3.05, 3.63) is 71.4 Å². The number of aromatic nitrogens is 2. The number of carbonyl (C=O) groups excluding carboxylic acids is 1. The molecule has 0 saturated carbocycles. The number of fused-ring (bicyclic) bond motifs is 3. The molecular weight excluding hydrogens is 423 g/mol. The lowest BCUT2D eigenvalue weighted by Gasteiger charge is -2.15. The zero-order valence-corrected chi connectivity index (χ0v) is 18.1. The average Bonchev–Trinajstić information content (AvgIpc) is 2.81. The summed E-state index contributed by atoms with van der Waals surface area (Å²) in [5.74, 6) is -0.259. The van der Waals surface area contributed by atoms with Crippen molar-refractivity contribution in [2.24, 2.45) is 5.73 Å². The first kappa shape index (κ1) is 22.1. The van der Waals surface area contributed by atoms with Crippen molar-refractivity contribution in [2.45, 2.75) is 19.8 Å². The highest BCUT2D eigenvalue weighted by Gasteiger charge is 2.20. The van der Waals surface area contributed by atoms with Crippen LogP contribution in [-0.4, -0.2) is 45.8 Å². The van der Waals surface area contributed by atoms with Gasteiger partial charge < -0.3 is 15.8 Å². The number of aryl methyl sites for hydroxylation is 1. The van der Waals surface area contributed by atoms with Crippen LogP contribution in [0.15, 0.2) is 48.7 Å². The summed E-state index contributed by atoms with van der Waals surface area (Å²) < 4.78 is 22.4. The van der Waals surface area contributed by atoms with E-state index in [0.29, 0.717) is 36.5 Å². The van der Waals surface area contributed by atoms with Crippen molar-refractivity contribution in [1.29, 1.82) is 5.41 Å². The second-order valence-electron chi connectivity index (χ2n) is 7.64. The fourth-order valence-corrected chi connectivity index (χ4v) is 3.50. The summed E-state index contributed by atoms with van der Waals surface area (Å²) in [6.07, 6.45) is 4.01. The van der Waals surface area contributed by atoms with Gasteiger partial charge in [-0.2, -0.15) is 5.41 Å².